The Bertz CT molecular complexity index is 837. The van der Waals surface area contributed by atoms with E-state index in [0.717, 1.165) is 38.5 Å². The fraction of sp³-hybridized carbons (Fsp3) is 0.619. The van der Waals surface area contributed by atoms with Crippen LogP contribution in [0.1, 0.15) is 38.5 Å². The zero-order chi connectivity index (χ0) is 20.3. The van der Waals surface area contributed by atoms with Gasteiger partial charge in [-0.1, -0.05) is 18.9 Å². The SMILES string of the molecule is O=C(O)N1CCC(COc2noc3cccc(OCC4(CO)CCCC4)c23)CC1. The molecule has 2 aliphatic rings. The number of carbonyl (C=O) groups is 1. The van der Waals surface area contributed by atoms with Gasteiger partial charge in [-0.3, -0.25) is 0 Å². The minimum Gasteiger partial charge on any atom is -0.492 e. The summed E-state index contributed by atoms with van der Waals surface area (Å²) >= 11 is 0. The highest BCUT2D eigenvalue weighted by molar-refractivity contribution is 5.88. The number of aromatic nitrogens is 1. The number of carboxylic acid groups (broad SMARTS) is 1. The fourth-order valence-corrected chi connectivity index (χ4v) is 4.34. The average molecular weight is 404 g/mol. The topological polar surface area (TPSA) is 105 Å². The molecule has 1 aliphatic carbocycles. The molecule has 2 N–H and O–H groups in total. The third-order valence-corrected chi connectivity index (χ3v) is 6.30. The van der Waals surface area contributed by atoms with Gasteiger partial charge in [-0.15, -0.1) is 0 Å². The Balaban J connectivity index is 1.42. The second-order valence-corrected chi connectivity index (χ2v) is 8.29. The minimum atomic E-state index is -0.864. The van der Waals surface area contributed by atoms with Gasteiger partial charge in [0.25, 0.3) is 5.88 Å². The first-order valence-electron chi connectivity index (χ1n) is 10.3. The van der Waals surface area contributed by atoms with E-state index in [9.17, 15) is 9.90 Å². The second kappa shape index (κ2) is 8.49. The highest BCUT2D eigenvalue weighted by atomic mass is 16.5. The number of likely N-dealkylation sites (tertiary alicyclic amines) is 1. The number of benzene rings is 1. The van der Waals surface area contributed by atoms with Crippen LogP contribution in [0.5, 0.6) is 11.6 Å². The van der Waals surface area contributed by atoms with Crippen LogP contribution in [0, 0.1) is 11.3 Å². The molecule has 2 fully saturated rings. The van der Waals surface area contributed by atoms with Crippen molar-refractivity contribution in [3.8, 4) is 11.6 Å². The zero-order valence-electron chi connectivity index (χ0n) is 16.5. The van der Waals surface area contributed by atoms with Crippen molar-refractivity contribution in [1.82, 2.24) is 10.1 Å². The van der Waals surface area contributed by atoms with Crippen molar-refractivity contribution in [2.24, 2.45) is 11.3 Å². The maximum Gasteiger partial charge on any atom is 0.407 e. The van der Waals surface area contributed by atoms with Crippen molar-refractivity contribution >= 4 is 17.1 Å². The Hall–Kier alpha value is -2.48. The van der Waals surface area contributed by atoms with Gasteiger partial charge in [0.15, 0.2) is 5.58 Å². The summed E-state index contributed by atoms with van der Waals surface area (Å²) in [5, 5.41) is 23.7. The van der Waals surface area contributed by atoms with E-state index in [1.165, 1.54) is 4.90 Å². The van der Waals surface area contributed by atoms with Crippen molar-refractivity contribution < 1.29 is 29.0 Å². The van der Waals surface area contributed by atoms with E-state index in [0.29, 0.717) is 48.9 Å². The third-order valence-electron chi connectivity index (χ3n) is 6.30. The quantitative estimate of drug-likeness (QED) is 0.727. The molecule has 2 aromatic rings. The molecular formula is C21H28N2O6. The molecule has 2 heterocycles. The highest BCUT2D eigenvalue weighted by Crippen LogP contribution is 2.40. The number of hydrogen-bond acceptors (Lipinski definition) is 6. The standard InChI is InChI=1S/C21H28N2O6/c24-13-21(8-1-2-9-21)14-28-16-4-3-5-17-18(16)19(22-29-17)27-12-15-6-10-23(11-7-15)20(25)26/h3-5,15,24H,1-2,6-14H2,(H,25,26). The van der Waals surface area contributed by atoms with Crippen molar-refractivity contribution in [3.05, 3.63) is 18.2 Å². The summed E-state index contributed by atoms with van der Waals surface area (Å²) in [5.41, 5.74) is 0.431. The van der Waals surface area contributed by atoms with Gasteiger partial charge in [0.05, 0.1) is 19.8 Å². The van der Waals surface area contributed by atoms with Crippen LogP contribution in [0.15, 0.2) is 22.7 Å². The van der Waals surface area contributed by atoms with Gasteiger partial charge >= 0.3 is 6.09 Å². The lowest BCUT2D eigenvalue weighted by atomic mass is 9.88. The minimum absolute atomic E-state index is 0.130. The summed E-state index contributed by atoms with van der Waals surface area (Å²) in [6.07, 6.45) is 4.86. The van der Waals surface area contributed by atoms with Crippen molar-refractivity contribution in [3.63, 3.8) is 0 Å². The number of ether oxygens (including phenoxy) is 2. The van der Waals surface area contributed by atoms with Gasteiger partial charge < -0.3 is 29.1 Å². The second-order valence-electron chi connectivity index (χ2n) is 8.29. The molecule has 1 aliphatic heterocycles. The lowest BCUT2D eigenvalue weighted by molar-refractivity contribution is 0.0724. The Morgan fingerprint density at radius 2 is 2.00 bits per heavy atom. The summed E-state index contributed by atoms with van der Waals surface area (Å²) in [6.45, 7) is 2.11. The normalized spacial score (nSPS) is 19.6. The Kier molecular flexibility index (Phi) is 5.80. The van der Waals surface area contributed by atoms with E-state index >= 15 is 0 Å². The summed E-state index contributed by atoms with van der Waals surface area (Å²) in [7, 11) is 0. The van der Waals surface area contributed by atoms with Crippen LogP contribution in [-0.4, -0.2) is 59.3 Å². The number of aliphatic hydroxyl groups is 1. The summed E-state index contributed by atoms with van der Waals surface area (Å²) in [6, 6.07) is 5.55. The number of aliphatic hydroxyl groups excluding tert-OH is 1. The van der Waals surface area contributed by atoms with E-state index in [2.05, 4.69) is 5.16 Å². The molecule has 4 rings (SSSR count). The monoisotopic (exact) mass is 404 g/mol. The summed E-state index contributed by atoms with van der Waals surface area (Å²) in [5.74, 6) is 1.33. The lowest BCUT2D eigenvalue weighted by Crippen LogP contribution is -2.38. The molecule has 1 aromatic heterocycles. The van der Waals surface area contributed by atoms with Crippen LogP contribution in [0.2, 0.25) is 0 Å². The van der Waals surface area contributed by atoms with Crippen LogP contribution in [-0.2, 0) is 0 Å². The van der Waals surface area contributed by atoms with Crippen molar-refractivity contribution in [2.45, 2.75) is 38.5 Å². The first-order chi connectivity index (χ1) is 14.1. The van der Waals surface area contributed by atoms with Gasteiger partial charge in [-0.2, -0.15) is 0 Å². The predicted molar refractivity (Wildman–Crippen MR) is 105 cm³/mol. The number of hydrogen-bond donors (Lipinski definition) is 2. The van der Waals surface area contributed by atoms with Crippen LogP contribution < -0.4 is 9.47 Å². The van der Waals surface area contributed by atoms with Gasteiger partial charge in [0, 0.05) is 18.5 Å². The fourth-order valence-electron chi connectivity index (χ4n) is 4.34. The van der Waals surface area contributed by atoms with Crippen molar-refractivity contribution in [2.75, 3.05) is 32.9 Å². The predicted octanol–water partition coefficient (Wildman–Crippen LogP) is 3.53. The van der Waals surface area contributed by atoms with Crippen LogP contribution in [0.4, 0.5) is 4.79 Å². The molecule has 29 heavy (non-hydrogen) atoms. The Morgan fingerprint density at radius 1 is 1.24 bits per heavy atom. The number of piperidine rings is 1. The Labute approximate surface area is 169 Å². The molecule has 158 valence electrons. The molecule has 0 radical (unpaired) electrons. The molecule has 1 aromatic carbocycles. The first kappa shape index (κ1) is 19.8. The van der Waals surface area contributed by atoms with Gasteiger partial charge in [-0.05, 0) is 48.9 Å². The van der Waals surface area contributed by atoms with Gasteiger partial charge in [-0.25, -0.2) is 4.79 Å². The maximum atomic E-state index is 11.0. The molecule has 1 amide bonds. The molecule has 0 unspecified atom stereocenters. The van der Waals surface area contributed by atoms with Gasteiger partial charge in [0.1, 0.15) is 11.1 Å². The molecule has 0 atom stereocenters. The Morgan fingerprint density at radius 3 is 2.69 bits per heavy atom. The van der Waals surface area contributed by atoms with Crippen molar-refractivity contribution in [1.29, 1.82) is 0 Å². The number of nitrogens with zero attached hydrogens (tertiary/aromatic N) is 2. The van der Waals surface area contributed by atoms with E-state index in [1.54, 1.807) is 0 Å². The molecule has 0 spiro atoms. The number of amides is 1. The smallest absolute Gasteiger partial charge is 0.407 e. The molecule has 1 saturated carbocycles. The van der Waals surface area contributed by atoms with E-state index in [1.807, 2.05) is 18.2 Å². The van der Waals surface area contributed by atoms with Crippen LogP contribution >= 0.6 is 0 Å². The molecule has 0 bridgehead atoms. The maximum absolute atomic E-state index is 11.0. The van der Waals surface area contributed by atoms with E-state index < -0.39 is 6.09 Å². The average Bonchev–Trinajstić information content (AvgIpc) is 3.39. The lowest BCUT2D eigenvalue weighted by Gasteiger charge is -2.29. The molecule has 1 saturated heterocycles. The number of fused-ring (bicyclic) bond motifs is 1. The van der Waals surface area contributed by atoms with Crippen LogP contribution in [0.25, 0.3) is 11.0 Å². The van der Waals surface area contributed by atoms with Gasteiger partial charge in [0.2, 0.25) is 0 Å². The first-order valence-corrected chi connectivity index (χ1v) is 10.3. The molecule has 8 nitrogen and oxygen atoms in total. The van der Waals surface area contributed by atoms with E-state index in [4.69, 9.17) is 19.1 Å². The molecular weight excluding hydrogens is 376 g/mol. The largest absolute Gasteiger partial charge is 0.492 e. The number of rotatable bonds is 7. The summed E-state index contributed by atoms with van der Waals surface area (Å²) < 4.78 is 17.5. The highest BCUT2D eigenvalue weighted by Gasteiger charge is 2.34. The van der Waals surface area contributed by atoms with Crippen LogP contribution in [0.3, 0.4) is 0 Å². The zero-order valence-corrected chi connectivity index (χ0v) is 16.5. The third kappa shape index (κ3) is 4.27. The van der Waals surface area contributed by atoms with E-state index in [-0.39, 0.29) is 17.9 Å². The molecule has 8 heteroatoms. The summed E-state index contributed by atoms with van der Waals surface area (Å²) in [4.78, 5) is 12.5.